The topological polar surface area (TPSA) is 80.9 Å². The van der Waals surface area contributed by atoms with Crippen LogP contribution in [0.2, 0.25) is 0 Å². The number of nitrogens with one attached hydrogen (secondary N) is 1. The van der Waals surface area contributed by atoms with Crippen molar-refractivity contribution in [3.8, 4) is 10.8 Å². The molecule has 1 aliphatic rings. The minimum atomic E-state index is -0.373. The summed E-state index contributed by atoms with van der Waals surface area (Å²) in [7, 11) is 0. The second-order valence-electron chi connectivity index (χ2n) is 5.93. The van der Waals surface area contributed by atoms with Gasteiger partial charge in [0.1, 0.15) is 4.88 Å². The Morgan fingerprint density at radius 2 is 2.21 bits per heavy atom. The molecule has 0 spiro atoms. The molecule has 1 unspecified atom stereocenters. The van der Waals surface area contributed by atoms with Crippen LogP contribution < -0.4 is 5.32 Å². The van der Waals surface area contributed by atoms with Gasteiger partial charge in [0.2, 0.25) is 0 Å². The van der Waals surface area contributed by atoms with Gasteiger partial charge in [-0.1, -0.05) is 24.3 Å². The van der Waals surface area contributed by atoms with Gasteiger partial charge in [-0.15, -0.1) is 10.2 Å². The van der Waals surface area contributed by atoms with Gasteiger partial charge < -0.3 is 9.73 Å². The molecule has 7 heteroatoms. The van der Waals surface area contributed by atoms with Crippen LogP contribution in [-0.4, -0.2) is 20.5 Å². The molecule has 1 N–H and O–H groups in total. The van der Waals surface area contributed by atoms with Crippen LogP contribution in [0, 0.1) is 0 Å². The Morgan fingerprint density at radius 3 is 2.96 bits per heavy atom. The Balaban J connectivity index is 1.46. The molecule has 0 radical (unpaired) electrons. The minimum absolute atomic E-state index is 0.0383. The number of hydrogen-bond acceptors (Lipinski definition) is 6. The first-order valence-electron chi connectivity index (χ1n) is 7.86. The van der Waals surface area contributed by atoms with E-state index in [1.165, 1.54) is 29.9 Å². The van der Waals surface area contributed by atoms with E-state index in [4.69, 9.17) is 4.42 Å². The molecular formula is C17H16N4O2S. The molecule has 1 atom stereocenters. The van der Waals surface area contributed by atoms with Crippen LogP contribution in [0.5, 0.6) is 0 Å². The highest BCUT2D eigenvalue weighted by Gasteiger charge is 2.24. The molecule has 0 saturated heterocycles. The molecule has 1 fully saturated rings. The standard InChI is InChI=1S/C17H16N4O2S/c1-10(12-3-2-4-13(9-12)11-5-6-11)19-15(22)17-21-20-16(23-17)14-7-8-18-24-14/h2-4,7-11H,5-6H2,1H3,(H,19,22). The van der Waals surface area contributed by atoms with E-state index in [1.54, 1.807) is 12.3 Å². The van der Waals surface area contributed by atoms with Crippen molar-refractivity contribution in [1.82, 2.24) is 19.9 Å². The zero-order chi connectivity index (χ0) is 16.5. The maximum Gasteiger partial charge on any atom is 0.309 e. The van der Waals surface area contributed by atoms with Gasteiger partial charge in [0, 0.05) is 6.20 Å². The molecule has 1 amide bonds. The second kappa shape index (κ2) is 6.16. The van der Waals surface area contributed by atoms with Crippen molar-refractivity contribution < 1.29 is 9.21 Å². The first-order valence-corrected chi connectivity index (χ1v) is 8.63. The van der Waals surface area contributed by atoms with Crippen molar-refractivity contribution in [2.24, 2.45) is 0 Å². The molecule has 0 aliphatic heterocycles. The molecule has 2 heterocycles. The summed E-state index contributed by atoms with van der Waals surface area (Å²) in [6.45, 7) is 1.95. The predicted octanol–water partition coefficient (Wildman–Crippen LogP) is 3.56. The summed E-state index contributed by atoms with van der Waals surface area (Å²) >= 11 is 1.24. The van der Waals surface area contributed by atoms with Gasteiger partial charge in [0.25, 0.3) is 5.89 Å². The Morgan fingerprint density at radius 1 is 1.33 bits per heavy atom. The zero-order valence-corrected chi connectivity index (χ0v) is 13.9. The van der Waals surface area contributed by atoms with Crippen LogP contribution in [0.15, 0.2) is 40.9 Å². The molecule has 2 aromatic heterocycles. The molecule has 1 saturated carbocycles. The molecule has 3 aromatic rings. The number of amides is 1. The van der Waals surface area contributed by atoms with E-state index in [9.17, 15) is 4.79 Å². The summed E-state index contributed by atoms with van der Waals surface area (Å²) in [4.78, 5) is 13.1. The first-order chi connectivity index (χ1) is 11.7. The Labute approximate surface area is 143 Å². The molecule has 0 bridgehead atoms. The maximum absolute atomic E-state index is 12.3. The van der Waals surface area contributed by atoms with Gasteiger partial charge in [-0.05, 0) is 54.4 Å². The maximum atomic E-state index is 12.3. The molecule has 1 aromatic carbocycles. The highest BCUT2D eigenvalue weighted by atomic mass is 32.1. The fraction of sp³-hybridized carbons (Fsp3) is 0.294. The molecular weight excluding hydrogens is 324 g/mol. The van der Waals surface area contributed by atoms with Gasteiger partial charge in [0.05, 0.1) is 6.04 Å². The normalized spacial score (nSPS) is 15.2. The Kier molecular flexibility index (Phi) is 3.86. The summed E-state index contributed by atoms with van der Waals surface area (Å²) < 4.78 is 9.42. The van der Waals surface area contributed by atoms with E-state index in [2.05, 4.69) is 32.0 Å². The minimum Gasteiger partial charge on any atom is -0.411 e. The summed E-state index contributed by atoms with van der Waals surface area (Å²) in [5, 5.41) is 10.6. The van der Waals surface area contributed by atoms with E-state index in [0.717, 1.165) is 10.4 Å². The van der Waals surface area contributed by atoms with E-state index >= 15 is 0 Å². The van der Waals surface area contributed by atoms with Crippen molar-refractivity contribution >= 4 is 17.4 Å². The summed E-state index contributed by atoms with van der Waals surface area (Å²) in [5.41, 5.74) is 2.42. The first kappa shape index (κ1) is 15.0. The van der Waals surface area contributed by atoms with Gasteiger partial charge in [0.15, 0.2) is 0 Å². The van der Waals surface area contributed by atoms with Crippen molar-refractivity contribution in [2.75, 3.05) is 0 Å². The van der Waals surface area contributed by atoms with Gasteiger partial charge >= 0.3 is 11.8 Å². The zero-order valence-electron chi connectivity index (χ0n) is 13.1. The van der Waals surface area contributed by atoms with Crippen LogP contribution >= 0.6 is 11.5 Å². The number of carbonyl (C=O) groups excluding carboxylic acids is 1. The lowest BCUT2D eigenvalue weighted by molar-refractivity contribution is 0.0905. The van der Waals surface area contributed by atoms with Crippen molar-refractivity contribution in [1.29, 1.82) is 0 Å². The van der Waals surface area contributed by atoms with E-state index < -0.39 is 0 Å². The van der Waals surface area contributed by atoms with Crippen LogP contribution in [0.25, 0.3) is 10.8 Å². The number of benzene rings is 1. The smallest absolute Gasteiger partial charge is 0.309 e. The Hall–Kier alpha value is -2.54. The lowest BCUT2D eigenvalue weighted by atomic mass is 10.0. The highest BCUT2D eigenvalue weighted by Crippen LogP contribution is 2.40. The lowest BCUT2D eigenvalue weighted by Crippen LogP contribution is -2.27. The largest absolute Gasteiger partial charge is 0.411 e. The van der Waals surface area contributed by atoms with Crippen molar-refractivity contribution in [3.05, 3.63) is 53.5 Å². The number of rotatable bonds is 5. The van der Waals surface area contributed by atoms with E-state index in [-0.39, 0.29) is 17.8 Å². The fourth-order valence-corrected chi connectivity index (χ4v) is 3.10. The number of carbonyl (C=O) groups is 1. The highest BCUT2D eigenvalue weighted by molar-refractivity contribution is 7.09. The third-order valence-corrected chi connectivity index (χ3v) is 4.81. The average molecular weight is 340 g/mol. The average Bonchev–Trinajstić information content (AvgIpc) is 3.10. The molecule has 4 rings (SSSR count). The van der Waals surface area contributed by atoms with E-state index in [1.807, 2.05) is 19.1 Å². The summed E-state index contributed by atoms with van der Waals surface area (Å²) in [6, 6.07) is 10.0. The molecule has 6 nitrogen and oxygen atoms in total. The quantitative estimate of drug-likeness (QED) is 0.768. The number of aromatic nitrogens is 3. The van der Waals surface area contributed by atoms with Gasteiger partial charge in [-0.3, -0.25) is 4.79 Å². The lowest BCUT2D eigenvalue weighted by Gasteiger charge is -2.14. The SMILES string of the molecule is CC(NC(=O)c1nnc(-c2ccns2)o1)c1cccc(C2CC2)c1. The monoisotopic (exact) mass is 340 g/mol. The predicted molar refractivity (Wildman–Crippen MR) is 89.7 cm³/mol. The second-order valence-corrected chi connectivity index (χ2v) is 6.76. The van der Waals surface area contributed by atoms with Gasteiger partial charge in [-0.25, -0.2) is 4.37 Å². The fourth-order valence-electron chi connectivity index (χ4n) is 2.58. The van der Waals surface area contributed by atoms with Crippen LogP contribution in [0.1, 0.15) is 53.5 Å². The van der Waals surface area contributed by atoms with Crippen molar-refractivity contribution in [2.45, 2.75) is 31.7 Å². The van der Waals surface area contributed by atoms with E-state index in [0.29, 0.717) is 11.8 Å². The van der Waals surface area contributed by atoms with Gasteiger partial charge in [-0.2, -0.15) is 0 Å². The summed E-state index contributed by atoms with van der Waals surface area (Å²) in [5.74, 6) is 0.586. The van der Waals surface area contributed by atoms with Crippen molar-refractivity contribution in [3.63, 3.8) is 0 Å². The van der Waals surface area contributed by atoms with Crippen LogP contribution in [0.3, 0.4) is 0 Å². The molecule has 1 aliphatic carbocycles. The summed E-state index contributed by atoms with van der Waals surface area (Å²) in [6.07, 6.45) is 4.16. The Bertz CT molecular complexity index is 855. The van der Waals surface area contributed by atoms with Crippen LogP contribution in [-0.2, 0) is 0 Å². The third kappa shape index (κ3) is 3.07. The number of nitrogens with zero attached hydrogens (tertiary/aromatic N) is 3. The van der Waals surface area contributed by atoms with Crippen LogP contribution in [0.4, 0.5) is 0 Å². The molecule has 122 valence electrons. The number of hydrogen-bond donors (Lipinski definition) is 1. The third-order valence-electron chi connectivity index (χ3n) is 4.07. The molecule has 24 heavy (non-hydrogen) atoms.